The molecule has 6 heteroatoms. The van der Waals surface area contributed by atoms with Gasteiger partial charge < -0.3 is 0 Å². The minimum Gasteiger partial charge on any atom is -0.273 e. The first-order valence-corrected chi connectivity index (χ1v) is 7.55. The first-order valence-electron chi connectivity index (χ1n) is 6.73. The molecule has 2 aromatic carbocycles. The van der Waals surface area contributed by atoms with Gasteiger partial charge in [-0.2, -0.15) is 0 Å². The minimum atomic E-state index is -0.446. The number of hydrazine groups is 1. The van der Waals surface area contributed by atoms with Gasteiger partial charge in [0.2, 0.25) is 5.13 Å². The van der Waals surface area contributed by atoms with Crippen LogP contribution in [0.4, 0.5) is 9.52 Å². The van der Waals surface area contributed by atoms with E-state index in [9.17, 15) is 9.18 Å². The molecular formula is C16H14FN3OS. The topological polar surface area (TPSA) is 54.0 Å². The van der Waals surface area contributed by atoms with E-state index in [0.717, 1.165) is 15.8 Å². The van der Waals surface area contributed by atoms with Gasteiger partial charge in [0.15, 0.2) is 0 Å². The number of benzene rings is 2. The molecule has 1 heterocycles. The lowest BCUT2D eigenvalue weighted by Crippen LogP contribution is -2.29. The summed E-state index contributed by atoms with van der Waals surface area (Å²) in [6.45, 7) is 4.06. The van der Waals surface area contributed by atoms with Crippen molar-refractivity contribution in [3.05, 3.63) is 58.9 Å². The Morgan fingerprint density at radius 1 is 1.23 bits per heavy atom. The average molecular weight is 315 g/mol. The Balaban J connectivity index is 1.77. The highest BCUT2D eigenvalue weighted by Crippen LogP contribution is 2.29. The number of carbonyl (C=O) groups excluding carboxylic acids is 1. The van der Waals surface area contributed by atoms with E-state index in [0.29, 0.717) is 5.13 Å². The highest BCUT2D eigenvalue weighted by Gasteiger charge is 2.10. The van der Waals surface area contributed by atoms with Crippen molar-refractivity contribution >= 4 is 32.6 Å². The fourth-order valence-corrected chi connectivity index (χ4v) is 2.97. The predicted molar refractivity (Wildman–Crippen MR) is 86.6 cm³/mol. The van der Waals surface area contributed by atoms with Gasteiger partial charge in [-0.3, -0.25) is 15.6 Å². The Morgan fingerprint density at radius 3 is 2.82 bits per heavy atom. The Hall–Kier alpha value is -2.47. The van der Waals surface area contributed by atoms with Gasteiger partial charge in [0.1, 0.15) is 5.82 Å². The SMILES string of the molecule is Cc1ccc2sc(NNC(=O)c3cccc(F)c3)nc2c1C. The van der Waals surface area contributed by atoms with Crippen LogP contribution in [0.3, 0.4) is 0 Å². The third kappa shape index (κ3) is 2.78. The maximum atomic E-state index is 13.1. The molecule has 3 aromatic rings. The molecule has 0 saturated heterocycles. The molecule has 22 heavy (non-hydrogen) atoms. The minimum absolute atomic E-state index is 0.251. The molecule has 0 radical (unpaired) electrons. The van der Waals surface area contributed by atoms with Crippen LogP contribution >= 0.6 is 11.3 Å². The van der Waals surface area contributed by atoms with Crippen LogP contribution in [0.5, 0.6) is 0 Å². The van der Waals surface area contributed by atoms with Crippen molar-refractivity contribution in [3.8, 4) is 0 Å². The van der Waals surface area contributed by atoms with Crippen molar-refractivity contribution in [2.24, 2.45) is 0 Å². The summed E-state index contributed by atoms with van der Waals surface area (Å²) in [6, 6.07) is 9.58. The van der Waals surface area contributed by atoms with Gasteiger partial charge in [-0.1, -0.05) is 23.5 Å². The van der Waals surface area contributed by atoms with Crippen LogP contribution in [0.15, 0.2) is 36.4 Å². The summed E-state index contributed by atoms with van der Waals surface area (Å²) in [5, 5.41) is 0.591. The first kappa shape index (κ1) is 14.5. The van der Waals surface area contributed by atoms with E-state index in [1.54, 1.807) is 6.07 Å². The summed E-state index contributed by atoms with van der Waals surface area (Å²) in [5.74, 6) is -0.856. The van der Waals surface area contributed by atoms with Crippen molar-refractivity contribution in [1.29, 1.82) is 0 Å². The van der Waals surface area contributed by atoms with Crippen molar-refractivity contribution in [2.75, 3.05) is 5.43 Å². The highest BCUT2D eigenvalue weighted by molar-refractivity contribution is 7.22. The molecular weight excluding hydrogens is 301 g/mol. The van der Waals surface area contributed by atoms with E-state index in [4.69, 9.17) is 0 Å². The lowest BCUT2D eigenvalue weighted by molar-refractivity contribution is 0.0962. The van der Waals surface area contributed by atoms with Gasteiger partial charge in [-0.05, 0) is 49.2 Å². The second-order valence-electron chi connectivity index (χ2n) is 4.96. The summed E-state index contributed by atoms with van der Waals surface area (Å²) in [7, 11) is 0. The molecule has 0 fully saturated rings. The van der Waals surface area contributed by atoms with Gasteiger partial charge in [-0.25, -0.2) is 9.37 Å². The molecule has 1 amide bonds. The van der Waals surface area contributed by atoms with Crippen molar-refractivity contribution in [1.82, 2.24) is 10.4 Å². The standard InChI is InChI=1S/C16H14FN3OS/c1-9-6-7-13-14(10(9)2)18-16(22-13)20-19-15(21)11-4-3-5-12(17)8-11/h3-8H,1-2H3,(H,18,20)(H,19,21). The number of thiazole rings is 1. The van der Waals surface area contributed by atoms with E-state index in [1.807, 2.05) is 26.0 Å². The molecule has 0 bridgehead atoms. The van der Waals surface area contributed by atoms with Crippen LogP contribution in [-0.4, -0.2) is 10.9 Å². The van der Waals surface area contributed by atoms with Gasteiger partial charge in [0.05, 0.1) is 10.2 Å². The lowest BCUT2D eigenvalue weighted by Gasteiger charge is -2.05. The number of nitrogens with zero attached hydrogens (tertiary/aromatic N) is 1. The molecule has 0 atom stereocenters. The molecule has 1 aromatic heterocycles. The van der Waals surface area contributed by atoms with Gasteiger partial charge in [-0.15, -0.1) is 0 Å². The zero-order valence-corrected chi connectivity index (χ0v) is 12.9. The zero-order valence-electron chi connectivity index (χ0n) is 12.1. The Kier molecular flexibility index (Phi) is 3.77. The maximum absolute atomic E-state index is 13.1. The Morgan fingerprint density at radius 2 is 2.05 bits per heavy atom. The van der Waals surface area contributed by atoms with Gasteiger partial charge >= 0.3 is 0 Å². The predicted octanol–water partition coefficient (Wildman–Crippen LogP) is 3.81. The maximum Gasteiger partial charge on any atom is 0.269 e. The number of hydrogen-bond donors (Lipinski definition) is 2. The van der Waals surface area contributed by atoms with E-state index >= 15 is 0 Å². The van der Waals surface area contributed by atoms with Crippen LogP contribution in [0.2, 0.25) is 0 Å². The van der Waals surface area contributed by atoms with Gasteiger partial charge in [0, 0.05) is 5.56 Å². The fraction of sp³-hybridized carbons (Fsp3) is 0.125. The monoisotopic (exact) mass is 315 g/mol. The summed E-state index contributed by atoms with van der Waals surface area (Å²) >= 11 is 1.45. The number of carbonyl (C=O) groups is 1. The third-order valence-electron chi connectivity index (χ3n) is 3.45. The summed E-state index contributed by atoms with van der Waals surface area (Å²) < 4.78 is 14.1. The normalized spacial score (nSPS) is 10.7. The third-order valence-corrected chi connectivity index (χ3v) is 4.39. The van der Waals surface area contributed by atoms with Crippen LogP contribution < -0.4 is 10.9 Å². The number of rotatable bonds is 3. The molecule has 0 aliphatic carbocycles. The Bertz CT molecular complexity index is 860. The summed E-state index contributed by atoms with van der Waals surface area (Å²) in [5.41, 5.74) is 8.79. The molecule has 0 aliphatic rings. The van der Waals surface area contributed by atoms with Crippen LogP contribution in [-0.2, 0) is 0 Å². The molecule has 112 valence electrons. The highest BCUT2D eigenvalue weighted by atomic mass is 32.1. The van der Waals surface area contributed by atoms with Crippen LogP contribution in [0, 0.1) is 19.7 Å². The molecule has 0 unspecified atom stereocenters. The molecule has 4 nitrogen and oxygen atoms in total. The van der Waals surface area contributed by atoms with E-state index in [1.165, 1.54) is 35.1 Å². The van der Waals surface area contributed by atoms with Crippen molar-refractivity contribution in [3.63, 3.8) is 0 Å². The van der Waals surface area contributed by atoms with E-state index < -0.39 is 11.7 Å². The van der Waals surface area contributed by atoms with Crippen molar-refractivity contribution < 1.29 is 9.18 Å². The largest absolute Gasteiger partial charge is 0.273 e. The lowest BCUT2D eigenvalue weighted by atomic mass is 10.1. The number of hydrogen-bond acceptors (Lipinski definition) is 4. The fourth-order valence-electron chi connectivity index (χ4n) is 2.09. The second-order valence-corrected chi connectivity index (χ2v) is 5.99. The number of anilines is 1. The Labute approximate surface area is 131 Å². The number of aryl methyl sites for hydroxylation is 2. The smallest absolute Gasteiger partial charge is 0.269 e. The van der Waals surface area contributed by atoms with Crippen LogP contribution in [0.25, 0.3) is 10.2 Å². The van der Waals surface area contributed by atoms with E-state index in [2.05, 4.69) is 15.8 Å². The number of nitrogens with one attached hydrogen (secondary N) is 2. The van der Waals surface area contributed by atoms with Crippen molar-refractivity contribution in [2.45, 2.75) is 13.8 Å². The average Bonchev–Trinajstić information content (AvgIpc) is 2.92. The van der Waals surface area contributed by atoms with E-state index in [-0.39, 0.29) is 5.56 Å². The number of amides is 1. The number of halogens is 1. The quantitative estimate of drug-likeness (QED) is 0.723. The first-order chi connectivity index (χ1) is 10.5. The summed E-state index contributed by atoms with van der Waals surface area (Å²) in [6.07, 6.45) is 0. The molecule has 2 N–H and O–H groups in total. The molecule has 3 rings (SSSR count). The molecule has 0 aliphatic heterocycles. The van der Waals surface area contributed by atoms with Gasteiger partial charge in [0.25, 0.3) is 5.91 Å². The number of fused-ring (bicyclic) bond motifs is 1. The van der Waals surface area contributed by atoms with Crippen LogP contribution in [0.1, 0.15) is 21.5 Å². The summed E-state index contributed by atoms with van der Waals surface area (Å²) in [4.78, 5) is 16.4. The molecule has 0 saturated carbocycles. The number of aromatic nitrogens is 1. The molecule has 0 spiro atoms. The zero-order chi connectivity index (χ0) is 15.7. The second kappa shape index (κ2) is 5.73.